The third-order valence-electron chi connectivity index (χ3n) is 5.16. The minimum atomic E-state index is -4.67. The number of piperidine rings is 1. The summed E-state index contributed by atoms with van der Waals surface area (Å²) in [5.74, 6) is 0.0114. The van der Waals surface area contributed by atoms with Crippen molar-refractivity contribution in [2.24, 2.45) is 5.92 Å². The van der Waals surface area contributed by atoms with E-state index in [1.807, 2.05) is 0 Å². The first-order chi connectivity index (χ1) is 9.77. The van der Waals surface area contributed by atoms with Gasteiger partial charge in [-0.3, -0.25) is 4.79 Å². The lowest BCUT2D eigenvalue weighted by molar-refractivity contribution is -0.253. The first kappa shape index (κ1) is 15.1. The number of rotatable bonds is 2. The van der Waals surface area contributed by atoms with E-state index in [1.54, 1.807) is 0 Å². The zero-order valence-electron chi connectivity index (χ0n) is 11.8. The third-order valence-corrected chi connectivity index (χ3v) is 5.16. The normalized spacial score (nSPS) is 39.8. The van der Waals surface area contributed by atoms with Gasteiger partial charge in [-0.05, 0) is 31.6 Å². The molecule has 4 nitrogen and oxygen atoms in total. The molecule has 0 saturated carbocycles. The average Bonchev–Trinajstić information content (AvgIpc) is 2.93. The summed E-state index contributed by atoms with van der Waals surface area (Å²) >= 11 is 0. The van der Waals surface area contributed by atoms with Crippen LogP contribution in [-0.2, 0) is 4.79 Å². The highest BCUT2D eigenvalue weighted by Crippen LogP contribution is 2.38. The Hall–Kier alpha value is -0.820. The van der Waals surface area contributed by atoms with Crippen molar-refractivity contribution in [2.45, 2.75) is 62.4 Å². The van der Waals surface area contributed by atoms with Crippen LogP contribution in [0.15, 0.2) is 0 Å². The Morgan fingerprint density at radius 3 is 2.43 bits per heavy atom. The highest BCUT2D eigenvalue weighted by Gasteiger charge is 2.57. The van der Waals surface area contributed by atoms with Crippen molar-refractivity contribution in [1.82, 2.24) is 10.2 Å². The van der Waals surface area contributed by atoms with Gasteiger partial charge < -0.3 is 15.3 Å². The molecule has 21 heavy (non-hydrogen) atoms. The Bertz CT molecular complexity index is 417. The number of halogens is 3. The molecular weight excluding hydrogens is 285 g/mol. The average molecular weight is 306 g/mol. The Labute approximate surface area is 121 Å². The number of β-amino-alcohol motifs (C(OH)–C–C–N with tert-alkyl or cyclic N) is 1. The maximum absolute atomic E-state index is 12.8. The lowest BCUT2D eigenvalue weighted by Gasteiger charge is -2.30. The molecule has 3 heterocycles. The minimum Gasteiger partial charge on any atom is -0.379 e. The van der Waals surface area contributed by atoms with Gasteiger partial charge in [0.25, 0.3) is 0 Å². The molecule has 3 rings (SSSR count). The second kappa shape index (κ2) is 5.12. The van der Waals surface area contributed by atoms with Crippen LogP contribution >= 0.6 is 0 Å². The molecule has 0 aliphatic carbocycles. The molecule has 7 heteroatoms. The smallest absolute Gasteiger partial charge is 0.379 e. The number of likely N-dealkylation sites (tertiary alicyclic amines) is 1. The number of hydrogen-bond donors (Lipinski definition) is 2. The van der Waals surface area contributed by atoms with E-state index >= 15 is 0 Å². The largest absolute Gasteiger partial charge is 0.419 e. The molecule has 1 amide bonds. The number of fused-ring (bicyclic) bond motifs is 2. The molecule has 3 saturated heterocycles. The maximum atomic E-state index is 12.8. The zero-order chi connectivity index (χ0) is 15.3. The van der Waals surface area contributed by atoms with Crippen molar-refractivity contribution in [2.75, 3.05) is 13.1 Å². The van der Waals surface area contributed by atoms with E-state index in [0.717, 1.165) is 25.7 Å². The molecular formula is C14H21F3N2O2. The quantitative estimate of drug-likeness (QED) is 0.811. The summed E-state index contributed by atoms with van der Waals surface area (Å²) in [7, 11) is 0. The molecule has 1 unspecified atom stereocenters. The van der Waals surface area contributed by atoms with Gasteiger partial charge >= 0.3 is 6.18 Å². The van der Waals surface area contributed by atoms with Crippen molar-refractivity contribution in [1.29, 1.82) is 0 Å². The van der Waals surface area contributed by atoms with E-state index in [0.29, 0.717) is 18.5 Å². The zero-order valence-corrected chi connectivity index (χ0v) is 11.8. The Balaban J connectivity index is 1.55. The molecule has 0 radical (unpaired) electrons. The summed E-state index contributed by atoms with van der Waals surface area (Å²) in [6.07, 6.45) is -0.656. The van der Waals surface area contributed by atoms with E-state index in [9.17, 15) is 23.1 Å². The number of carbonyl (C=O) groups excluding carboxylic acids is 1. The fourth-order valence-electron chi connectivity index (χ4n) is 3.96. The molecule has 3 aliphatic rings. The van der Waals surface area contributed by atoms with Crippen LogP contribution in [-0.4, -0.2) is 52.9 Å². The topological polar surface area (TPSA) is 52.6 Å². The van der Waals surface area contributed by atoms with Gasteiger partial charge in [-0.15, -0.1) is 0 Å². The van der Waals surface area contributed by atoms with Crippen molar-refractivity contribution in [3.8, 4) is 0 Å². The number of aliphatic hydroxyl groups is 1. The molecule has 0 aromatic heterocycles. The van der Waals surface area contributed by atoms with Gasteiger partial charge in [0.05, 0.1) is 6.54 Å². The van der Waals surface area contributed by atoms with E-state index in [2.05, 4.69) is 5.32 Å². The number of alkyl halides is 3. The highest BCUT2D eigenvalue weighted by atomic mass is 19.4. The van der Waals surface area contributed by atoms with Crippen LogP contribution in [0.3, 0.4) is 0 Å². The van der Waals surface area contributed by atoms with Gasteiger partial charge in [0.2, 0.25) is 5.91 Å². The second-order valence-electron chi connectivity index (χ2n) is 6.77. The molecule has 0 spiro atoms. The predicted octanol–water partition coefficient (Wildman–Crippen LogP) is 1.43. The van der Waals surface area contributed by atoms with Gasteiger partial charge in [-0.2, -0.15) is 13.2 Å². The van der Waals surface area contributed by atoms with Crippen LogP contribution in [0, 0.1) is 5.92 Å². The Kier molecular flexibility index (Phi) is 3.68. The van der Waals surface area contributed by atoms with Crippen molar-refractivity contribution in [3.63, 3.8) is 0 Å². The second-order valence-corrected chi connectivity index (χ2v) is 6.77. The van der Waals surface area contributed by atoms with Gasteiger partial charge in [0.15, 0.2) is 5.60 Å². The molecule has 0 aromatic rings. The number of hydrogen-bond acceptors (Lipinski definition) is 3. The van der Waals surface area contributed by atoms with E-state index in [-0.39, 0.29) is 18.4 Å². The predicted molar refractivity (Wildman–Crippen MR) is 69.5 cm³/mol. The molecule has 3 fully saturated rings. The molecule has 120 valence electrons. The summed E-state index contributed by atoms with van der Waals surface area (Å²) in [6, 6.07) is 0.930. The summed E-state index contributed by atoms with van der Waals surface area (Å²) in [4.78, 5) is 13.4. The van der Waals surface area contributed by atoms with Crippen LogP contribution < -0.4 is 5.32 Å². The van der Waals surface area contributed by atoms with Crippen LogP contribution in [0.2, 0.25) is 0 Å². The van der Waals surface area contributed by atoms with E-state index in [1.165, 1.54) is 4.90 Å². The van der Waals surface area contributed by atoms with Gasteiger partial charge in [-0.1, -0.05) is 0 Å². The lowest BCUT2D eigenvalue weighted by Crippen LogP contribution is -2.48. The fraction of sp³-hybridized carbons (Fsp3) is 0.929. The van der Waals surface area contributed by atoms with Crippen molar-refractivity contribution >= 4 is 5.91 Å². The Morgan fingerprint density at radius 1 is 1.29 bits per heavy atom. The minimum absolute atomic E-state index is 0.00727. The van der Waals surface area contributed by atoms with Crippen molar-refractivity contribution < 1.29 is 23.1 Å². The highest BCUT2D eigenvalue weighted by molar-refractivity contribution is 5.77. The maximum Gasteiger partial charge on any atom is 0.419 e. The number of amides is 1. The Morgan fingerprint density at radius 2 is 1.90 bits per heavy atom. The summed E-state index contributed by atoms with van der Waals surface area (Å²) in [5.41, 5.74) is -2.73. The van der Waals surface area contributed by atoms with E-state index in [4.69, 9.17) is 0 Å². The summed E-state index contributed by atoms with van der Waals surface area (Å²) in [6.45, 7) is -0.625. The molecule has 2 bridgehead atoms. The first-order valence-corrected chi connectivity index (χ1v) is 7.60. The van der Waals surface area contributed by atoms with Crippen LogP contribution in [0.1, 0.15) is 38.5 Å². The standard InChI is InChI=1S/C14H21F3N2O2/c15-14(16,17)13(21)3-4-19(8-13)12(20)7-9-5-10-1-2-11(6-9)18-10/h9-11,18,21H,1-8H2/t9?,10-,11+,13-/m0/s1. The monoisotopic (exact) mass is 306 g/mol. The van der Waals surface area contributed by atoms with Gasteiger partial charge in [0.1, 0.15) is 0 Å². The number of nitrogens with one attached hydrogen (secondary N) is 1. The van der Waals surface area contributed by atoms with Gasteiger partial charge in [0, 0.05) is 31.5 Å². The number of carbonyl (C=O) groups is 1. The van der Waals surface area contributed by atoms with Gasteiger partial charge in [-0.25, -0.2) is 0 Å². The fourth-order valence-corrected chi connectivity index (χ4v) is 3.96. The molecule has 3 aliphatic heterocycles. The summed E-state index contributed by atoms with van der Waals surface area (Å²) < 4.78 is 38.3. The third kappa shape index (κ3) is 2.90. The van der Waals surface area contributed by atoms with Crippen LogP contribution in [0.5, 0.6) is 0 Å². The van der Waals surface area contributed by atoms with Crippen LogP contribution in [0.4, 0.5) is 13.2 Å². The molecule has 2 N–H and O–H groups in total. The van der Waals surface area contributed by atoms with E-state index < -0.39 is 24.7 Å². The number of nitrogens with zero attached hydrogens (tertiary/aromatic N) is 1. The first-order valence-electron chi connectivity index (χ1n) is 7.60. The SMILES string of the molecule is O=C(CC1C[C@H]2CC[C@@H](C1)N2)N1CC[C@@](O)(C(F)(F)F)C1. The van der Waals surface area contributed by atoms with Crippen molar-refractivity contribution in [3.05, 3.63) is 0 Å². The molecule has 0 aromatic carbocycles. The molecule has 4 atom stereocenters. The lowest BCUT2D eigenvalue weighted by atomic mass is 9.89. The van der Waals surface area contributed by atoms with Crippen LogP contribution in [0.25, 0.3) is 0 Å². The summed E-state index contributed by atoms with van der Waals surface area (Å²) in [5, 5.41) is 13.1.